The summed E-state index contributed by atoms with van der Waals surface area (Å²) in [4.78, 5) is 44.4. The third-order valence-corrected chi connectivity index (χ3v) is 6.39. The highest BCUT2D eigenvalue weighted by atomic mass is 16.2. The van der Waals surface area contributed by atoms with E-state index in [0.29, 0.717) is 30.6 Å². The van der Waals surface area contributed by atoms with Crippen molar-refractivity contribution in [2.24, 2.45) is 0 Å². The topological polar surface area (TPSA) is 73.0 Å². The fourth-order valence-electron chi connectivity index (χ4n) is 4.81. The van der Waals surface area contributed by atoms with Crippen LogP contribution in [0.5, 0.6) is 0 Å². The van der Waals surface area contributed by atoms with Crippen LogP contribution in [-0.4, -0.2) is 60.4 Å². The zero-order valence-electron chi connectivity index (χ0n) is 18.9. The maximum Gasteiger partial charge on any atom is 0.257 e. The van der Waals surface area contributed by atoms with Crippen molar-refractivity contribution in [3.8, 4) is 0 Å². The summed E-state index contributed by atoms with van der Waals surface area (Å²) in [7, 11) is 3.94. The largest absolute Gasteiger partial charge is 0.348 e. The summed E-state index contributed by atoms with van der Waals surface area (Å²) in [6, 6.07) is 16.9. The average Bonchev–Trinajstić information content (AvgIpc) is 3.08. The Balaban J connectivity index is 1.51. The van der Waals surface area contributed by atoms with Gasteiger partial charge in [-0.2, -0.15) is 0 Å². The van der Waals surface area contributed by atoms with Crippen molar-refractivity contribution in [2.45, 2.75) is 37.9 Å². The number of nitrogens with zero attached hydrogens (tertiary/aromatic N) is 3. The predicted octanol–water partition coefficient (Wildman–Crippen LogP) is 2.79. The number of anilines is 1. The molecule has 0 bridgehead atoms. The average molecular weight is 435 g/mol. The van der Waals surface area contributed by atoms with Gasteiger partial charge in [0.15, 0.2) is 0 Å². The summed E-state index contributed by atoms with van der Waals surface area (Å²) in [5.74, 6) is -0.237. The van der Waals surface area contributed by atoms with Gasteiger partial charge in [-0.3, -0.25) is 19.3 Å². The standard InChI is InChI=1S/C25H30N4O3/c1-25-15-13-23(31)29(25)21-12-8-7-11-19(21)24(32)28(25)16-14-22(30)26-20(17-27(2)3)18-9-5-4-6-10-18/h4-12,20H,13-17H2,1-3H3,(H,26,30). The third-order valence-electron chi connectivity index (χ3n) is 6.39. The first kappa shape index (κ1) is 22.0. The Morgan fingerprint density at radius 1 is 1.09 bits per heavy atom. The molecule has 0 aromatic heterocycles. The number of amides is 3. The van der Waals surface area contributed by atoms with Crippen molar-refractivity contribution in [1.29, 1.82) is 0 Å². The number of fused-ring (bicyclic) bond motifs is 3. The van der Waals surface area contributed by atoms with Crippen LogP contribution in [0.3, 0.4) is 0 Å². The third kappa shape index (κ3) is 4.00. The first-order valence-electron chi connectivity index (χ1n) is 11.0. The molecule has 0 saturated carbocycles. The second-order valence-corrected chi connectivity index (χ2v) is 8.96. The molecule has 2 heterocycles. The van der Waals surface area contributed by atoms with E-state index in [0.717, 1.165) is 5.56 Å². The van der Waals surface area contributed by atoms with Gasteiger partial charge in [-0.1, -0.05) is 42.5 Å². The number of nitrogens with one attached hydrogen (secondary N) is 1. The zero-order valence-corrected chi connectivity index (χ0v) is 18.9. The summed E-state index contributed by atoms with van der Waals surface area (Å²) in [5, 5.41) is 3.12. The van der Waals surface area contributed by atoms with E-state index in [2.05, 4.69) is 5.32 Å². The number of benzene rings is 2. The molecule has 168 valence electrons. The minimum Gasteiger partial charge on any atom is -0.348 e. The van der Waals surface area contributed by atoms with Crippen molar-refractivity contribution in [1.82, 2.24) is 15.1 Å². The summed E-state index contributed by atoms with van der Waals surface area (Å²) in [6.07, 6.45) is 1.11. The van der Waals surface area contributed by atoms with E-state index in [1.54, 1.807) is 21.9 Å². The van der Waals surface area contributed by atoms with Crippen molar-refractivity contribution in [3.63, 3.8) is 0 Å². The molecule has 2 aromatic carbocycles. The molecule has 0 radical (unpaired) electrons. The van der Waals surface area contributed by atoms with E-state index in [4.69, 9.17) is 0 Å². The second kappa shape index (κ2) is 8.74. The number of carbonyl (C=O) groups excluding carboxylic acids is 3. The summed E-state index contributed by atoms with van der Waals surface area (Å²) in [5.41, 5.74) is 1.47. The Morgan fingerprint density at radius 2 is 1.78 bits per heavy atom. The van der Waals surface area contributed by atoms with Gasteiger partial charge in [-0.15, -0.1) is 0 Å². The van der Waals surface area contributed by atoms with Crippen molar-refractivity contribution >= 4 is 23.4 Å². The minimum absolute atomic E-state index is 0.0111. The van der Waals surface area contributed by atoms with Gasteiger partial charge < -0.3 is 15.1 Å². The fourth-order valence-corrected chi connectivity index (χ4v) is 4.81. The Hall–Kier alpha value is -3.19. The van der Waals surface area contributed by atoms with Gasteiger partial charge in [0, 0.05) is 25.9 Å². The number of hydrogen-bond donors (Lipinski definition) is 1. The number of para-hydroxylation sites is 1. The lowest BCUT2D eigenvalue weighted by Gasteiger charge is -2.48. The molecule has 3 amide bonds. The van der Waals surface area contributed by atoms with Crippen molar-refractivity contribution < 1.29 is 14.4 Å². The highest BCUT2D eigenvalue weighted by molar-refractivity contribution is 6.10. The molecule has 0 aliphatic carbocycles. The van der Waals surface area contributed by atoms with E-state index >= 15 is 0 Å². The van der Waals surface area contributed by atoms with Gasteiger partial charge in [0.1, 0.15) is 5.66 Å². The molecule has 7 nitrogen and oxygen atoms in total. The first-order chi connectivity index (χ1) is 15.3. The van der Waals surface area contributed by atoms with Crippen LogP contribution < -0.4 is 10.2 Å². The van der Waals surface area contributed by atoms with Crippen molar-refractivity contribution in [3.05, 3.63) is 65.7 Å². The quantitative estimate of drug-likeness (QED) is 0.727. The Bertz CT molecular complexity index is 1020. The van der Waals surface area contributed by atoms with E-state index in [1.165, 1.54) is 0 Å². The van der Waals surface area contributed by atoms with Crippen LogP contribution in [0.15, 0.2) is 54.6 Å². The van der Waals surface area contributed by atoms with Crippen LogP contribution in [0.1, 0.15) is 48.1 Å². The minimum atomic E-state index is -0.745. The molecule has 2 atom stereocenters. The lowest BCUT2D eigenvalue weighted by atomic mass is 9.98. The maximum atomic E-state index is 13.3. The number of rotatable bonds is 7. The van der Waals surface area contributed by atoms with Gasteiger partial charge in [0.2, 0.25) is 11.8 Å². The molecular weight excluding hydrogens is 404 g/mol. The molecule has 7 heteroatoms. The highest BCUT2D eigenvalue weighted by Crippen LogP contribution is 2.43. The molecule has 2 unspecified atom stereocenters. The van der Waals surface area contributed by atoms with Crippen LogP contribution in [0.2, 0.25) is 0 Å². The van der Waals surface area contributed by atoms with Crippen LogP contribution in [0, 0.1) is 0 Å². The molecule has 2 aromatic rings. The predicted molar refractivity (Wildman–Crippen MR) is 123 cm³/mol. The molecule has 2 aliphatic rings. The van der Waals surface area contributed by atoms with Crippen LogP contribution >= 0.6 is 0 Å². The molecular formula is C25H30N4O3. The van der Waals surface area contributed by atoms with Crippen LogP contribution in [-0.2, 0) is 9.59 Å². The van der Waals surface area contributed by atoms with Gasteiger partial charge in [0.05, 0.1) is 17.3 Å². The zero-order chi connectivity index (χ0) is 22.9. The first-order valence-corrected chi connectivity index (χ1v) is 11.0. The molecule has 1 saturated heterocycles. The summed E-state index contributed by atoms with van der Waals surface area (Å²) in [6.45, 7) is 2.84. The van der Waals surface area contributed by atoms with Gasteiger partial charge >= 0.3 is 0 Å². The van der Waals surface area contributed by atoms with Crippen LogP contribution in [0.4, 0.5) is 5.69 Å². The molecule has 2 aliphatic heterocycles. The highest BCUT2D eigenvalue weighted by Gasteiger charge is 2.52. The number of likely N-dealkylation sites (N-methyl/N-ethyl adjacent to an activating group) is 1. The molecule has 0 spiro atoms. The molecule has 1 fully saturated rings. The second-order valence-electron chi connectivity index (χ2n) is 8.96. The lowest BCUT2D eigenvalue weighted by Crippen LogP contribution is -2.62. The van der Waals surface area contributed by atoms with Gasteiger partial charge in [0.25, 0.3) is 5.91 Å². The summed E-state index contributed by atoms with van der Waals surface area (Å²) >= 11 is 0. The maximum absolute atomic E-state index is 13.3. The van der Waals surface area contributed by atoms with E-state index < -0.39 is 5.66 Å². The molecule has 32 heavy (non-hydrogen) atoms. The molecule has 1 N–H and O–H groups in total. The Labute approximate surface area is 189 Å². The van der Waals surface area contributed by atoms with E-state index in [-0.39, 0.29) is 36.7 Å². The molecule has 4 rings (SSSR count). The van der Waals surface area contributed by atoms with Gasteiger partial charge in [-0.05, 0) is 45.1 Å². The SMILES string of the molecule is CN(C)CC(NC(=O)CCN1C(=O)c2ccccc2N2C(=O)CCC12C)c1ccccc1. The number of hydrogen-bond acceptors (Lipinski definition) is 4. The lowest BCUT2D eigenvalue weighted by molar-refractivity contribution is -0.122. The summed E-state index contributed by atoms with van der Waals surface area (Å²) < 4.78 is 0. The smallest absolute Gasteiger partial charge is 0.257 e. The monoisotopic (exact) mass is 434 g/mol. The van der Waals surface area contributed by atoms with Crippen molar-refractivity contribution in [2.75, 3.05) is 32.1 Å². The van der Waals surface area contributed by atoms with E-state index in [1.807, 2.05) is 68.4 Å². The normalized spacial score (nSPS) is 20.9. The van der Waals surface area contributed by atoms with Crippen LogP contribution in [0.25, 0.3) is 0 Å². The Kier molecular flexibility index (Phi) is 6.02. The van der Waals surface area contributed by atoms with E-state index in [9.17, 15) is 14.4 Å². The number of carbonyl (C=O) groups is 3. The van der Waals surface area contributed by atoms with Gasteiger partial charge in [-0.25, -0.2) is 0 Å². The Morgan fingerprint density at radius 3 is 2.50 bits per heavy atom. The fraction of sp³-hybridized carbons (Fsp3) is 0.400.